The molecule has 1 aliphatic carbocycles. The number of aromatic nitrogens is 4. The Morgan fingerprint density at radius 1 is 1.05 bits per heavy atom. The van der Waals surface area contributed by atoms with Crippen molar-refractivity contribution in [2.45, 2.75) is 18.8 Å². The Kier molecular flexibility index (Phi) is 6.13. The second-order valence-corrected chi connectivity index (χ2v) is 9.84. The third-order valence-corrected chi connectivity index (χ3v) is 6.88. The third kappa shape index (κ3) is 4.82. The van der Waals surface area contributed by atoms with Gasteiger partial charge in [0, 0.05) is 74.9 Å². The molecule has 1 saturated heterocycles. The average Bonchev–Trinajstić information content (AvgIpc) is 3.78. The molecule has 37 heavy (non-hydrogen) atoms. The highest BCUT2D eigenvalue weighted by Gasteiger charge is 2.29. The summed E-state index contributed by atoms with van der Waals surface area (Å²) in [7, 11) is 3.49. The molecule has 1 saturated carbocycles. The van der Waals surface area contributed by atoms with Crippen molar-refractivity contribution in [1.29, 1.82) is 0 Å². The van der Waals surface area contributed by atoms with E-state index < -0.39 is 0 Å². The van der Waals surface area contributed by atoms with E-state index in [4.69, 9.17) is 9.97 Å². The fourth-order valence-electron chi connectivity index (χ4n) is 4.77. The van der Waals surface area contributed by atoms with Crippen LogP contribution in [0.25, 0.3) is 22.3 Å². The van der Waals surface area contributed by atoms with Crippen LogP contribution in [-0.4, -0.2) is 71.0 Å². The maximum Gasteiger partial charge on any atom is 0.253 e. The highest BCUT2D eigenvalue weighted by molar-refractivity contribution is 5.95. The van der Waals surface area contributed by atoms with Crippen molar-refractivity contribution in [2.24, 2.45) is 0 Å². The van der Waals surface area contributed by atoms with E-state index in [1.807, 2.05) is 48.8 Å². The fraction of sp³-hybridized carbons (Fsp3) is 0.321. The molecule has 2 aliphatic rings. The lowest BCUT2D eigenvalue weighted by molar-refractivity contribution is 0.0827. The number of carbonyl (C=O) groups excluding carboxylic acids is 1. The molecule has 1 aliphatic heterocycles. The predicted octanol–water partition coefficient (Wildman–Crippen LogP) is 3.82. The van der Waals surface area contributed by atoms with Gasteiger partial charge in [-0.15, -0.1) is 0 Å². The maximum atomic E-state index is 12.2. The number of anilines is 3. The molecule has 4 heterocycles. The average molecular weight is 495 g/mol. The first kappa shape index (κ1) is 23.3. The molecular formula is C28H30N8O. The molecule has 0 radical (unpaired) electrons. The minimum atomic E-state index is -0.0280. The van der Waals surface area contributed by atoms with Crippen LogP contribution < -0.4 is 15.5 Å². The van der Waals surface area contributed by atoms with Crippen LogP contribution in [-0.2, 0) is 0 Å². The molecule has 188 valence electrons. The van der Waals surface area contributed by atoms with Crippen LogP contribution in [0.1, 0.15) is 34.7 Å². The number of nitrogens with zero attached hydrogens (tertiary/aromatic N) is 6. The van der Waals surface area contributed by atoms with Gasteiger partial charge in [-0.1, -0.05) is 0 Å². The van der Waals surface area contributed by atoms with Gasteiger partial charge in [0.15, 0.2) is 5.82 Å². The molecule has 9 nitrogen and oxygen atoms in total. The summed E-state index contributed by atoms with van der Waals surface area (Å²) in [5, 5.41) is 7.92. The molecule has 0 atom stereocenters. The number of amides is 1. The molecule has 4 aromatic rings. The Labute approximate surface area is 216 Å². The smallest absolute Gasteiger partial charge is 0.253 e. The number of hydrogen-bond acceptors (Lipinski definition) is 8. The first-order chi connectivity index (χ1) is 18.1. The van der Waals surface area contributed by atoms with Gasteiger partial charge in [0.2, 0.25) is 0 Å². The van der Waals surface area contributed by atoms with Gasteiger partial charge >= 0.3 is 0 Å². The zero-order chi connectivity index (χ0) is 25.4. The molecule has 1 aromatic carbocycles. The van der Waals surface area contributed by atoms with Gasteiger partial charge < -0.3 is 20.4 Å². The van der Waals surface area contributed by atoms with Gasteiger partial charge in [-0.2, -0.15) is 0 Å². The monoisotopic (exact) mass is 494 g/mol. The highest BCUT2D eigenvalue weighted by Crippen LogP contribution is 2.44. The standard InChI is InChI=1S/C28H30N8O/c1-35(2)28(37)19-5-7-21(8-6-19)32-24-15-20(9-10-31-24)26-33-23-17-30-16-22(18-3-4-18)25(23)27(34-26)36-13-11-29-12-14-36/h5-10,15-18,29H,3-4,11-14H2,1-2H3,(H,31,32). The van der Waals surface area contributed by atoms with Gasteiger partial charge in [-0.3, -0.25) is 9.78 Å². The highest BCUT2D eigenvalue weighted by atomic mass is 16.2. The predicted molar refractivity (Wildman–Crippen MR) is 145 cm³/mol. The third-order valence-electron chi connectivity index (χ3n) is 6.88. The topological polar surface area (TPSA) is 99.2 Å². The van der Waals surface area contributed by atoms with E-state index in [0.29, 0.717) is 23.1 Å². The van der Waals surface area contributed by atoms with Crippen LogP contribution in [0, 0.1) is 0 Å². The largest absolute Gasteiger partial charge is 0.353 e. The Balaban J connectivity index is 1.35. The molecule has 9 heteroatoms. The molecular weight excluding hydrogens is 464 g/mol. The lowest BCUT2D eigenvalue weighted by atomic mass is 10.1. The van der Waals surface area contributed by atoms with Gasteiger partial charge in [-0.05, 0) is 60.7 Å². The van der Waals surface area contributed by atoms with Crippen molar-refractivity contribution in [3.63, 3.8) is 0 Å². The maximum absolute atomic E-state index is 12.2. The molecule has 0 unspecified atom stereocenters. The van der Waals surface area contributed by atoms with E-state index in [-0.39, 0.29) is 5.91 Å². The van der Waals surface area contributed by atoms with Crippen molar-refractivity contribution in [3.8, 4) is 11.4 Å². The molecule has 0 spiro atoms. The molecule has 0 bridgehead atoms. The summed E-state index contributed by atoms with van der Waals surface area (Å²) in [5.41, 5.74) is 4.52. The number of rotatable bonds is 6. The molecule has 2 N–H and O–H groups in total. The number of nitrogens with one attached hydrogen (secondary N) is 2. The molecule has 1 amide bonds. The summed E-state index contributed by atoms with van der Waals surface area (Å²) in [6.45, 7) is 3.70. The number of piperazine rings is 1. The van der Waals surface area contributed by atoms with Gasteiger partial charge in [0.05, 0.1) is 11.7 Å². The van der Waals surface area contributed by atoms with Gasteiger partial charge in [0.1, 0.15) is 11.6 Å². The van der Waals surface area contributed by atoms with Crippen molar-refractivity contribution < 1.29 is 4.79 Å². The first-order valence-electron chi connectivity index (χ1n) is 12.7. The van der Waals surface area contributed by atoms with Crippen molar-refractivity contribution in [3.05, 3.63) is 66.1 Å². The van der Waals surface area contributed by atoms with E-state index >= 15 is 0 Å². The van der Waals surface area contributed by atoms with Crippen molar-refractivity contribution >= 4 is 34.1 Å². The Morgan fingerprint density at radius 2 is 1.84 bits per heavy atom. The lowest BCUT2D eigenvalue weighted by Gasteiger charge is -2.30. The molecule has 2 fully saturated rings. The molecule has 6 rings (SSSR count). The number of pyridine rings is 2. The van der Waals surface area contributed by atoms with E-state index in [9.17, 15) is 4.79 Å². The summed E-state index contributed by atoms with van der Waals surface area (Å²) >= 11 is 0. The van der Waals surface area contributed by atoms with Gasteiger partial charge in [-0.25, -0.2) is 15.0 Å². The van der Waals surface area contributed by atoms with E-state index in [1.165, 1.54) is 18.4 Å². The summed E-state index contributed by atoms with van der Waals surface area (Å²) in [6, 6.07) is 11.3. The summed E-state index contributed by atoms with van der Waals surface area (Å²) in [4.78, 5) is 35.2. The van der Waals surface area contributed by atoms with E-state index in [0.717, 1.165) is 54.2 Å². The van der Waals surface area contributed by atoms with Crippen LogP contribution in [0.3, 0.4) is 0 Å². The Hall–Kier alpha value is -4.11. The minimum Gasteiger partial charge on any atom is -0.353 e. The van der Waals surface area contributed by atoms with Gasteiger partial charge in [0.25, 0.3) is 5.91 Å². The number of hydrogen-bond donors (Lipinski definition) is 2. The molecule has 3 aromatic heterocycles. The van der Waals surface area contributed by atoms with Crippen LogP contribution in [0.4, 0.5) is 17.3 Å². The minimum absolute atomic E-state index is 0.0280. The van der Waals surface area contributed by atoms with Crippen molar-refractivity contribution in [2.75, 3.05) is 50.5 Å². The summed E-state index contributed by atoms with van der Waals surface area (Å²) in [5.74, 6) is 2.87. The Morgan fingerprint density at radius 3 is 2.57 bits per heavy atom. The Bertz CT molecular complexity index is 1440. The quantitative estimate of drug-likeness (QED) is 0.417. The zero-order valence-electron chi connectivity index (χ0n) is 21.1. The normalized spacial score (nSPS) is 15.6. The van der Waals surface area contributed by atoms with Crippen LogP contribution in [0.2, 0.25) is 0 Å². The first-order valence-corrected chi connectivity index (χ1v) is 12.7. The second kappa shape index (κ2) is 9.74. The number of benzene rings is 1. The zero-order valence-corrected chi connectivity index (χ0v) is 21.1. The van der Waals surface area contributed by atoms with Crippen LogP contribution >= 0.6 is 0 Å². The number of carbonyl (C=O) groups is 1. The number of fused-ring (bicyclic) bond motifs is 1. The summed E-state index contributed by atoms with van der Waals surface area (Å²) in [6.07, 6.45) is 8.02. The lowest BCUT2D eigenvalue weighted by Crippen LogP contribution is -2.44. The van der Waals surface area contributed by atoms with Crippen LogP contribution in [0.15, 0.2) is 55.0 Å². The van der Waals surface area contributed by atoms with Crippen LogP contribution in [0.5, 0.6) is 0 Å². The van der Waals surface area contributed by atoms with Crippen molar-refractivity contribution in [1.82, 2.24) is 30.2 Å². The SMILES string of the molecule is CN(C)C(=O)c1ccc(Nc2cc(-c3nc(N4CCNCC4)c4c(C5CC5)cncc4n3)ccn2)cc1. The fourth-order valence-corrected chi connectivity index (χ4v) is 4.77. The second-order valence-electron chi connectivity index (χ2n) is 9.84. The summed E-state index contributed by atoms with van der Waals surface area (Å²) < 4.78 is 0. The van der Waals surface area contributed by atoms with E-state index in [2.05, 4.69) is 25.5 Å². The van der Waals surface area contributed by atoms with E-state index in [1.54, 1.807) is 25.2 Å².